The molecule has 1 aliphatic heterocycles. The van der Waals surface area contributed by atoms with E-state index >= 15 is 0 Å². The molecule has 1 aliphatic rings. The maximum absolute atomic E-state index is 13.2. The molecule has 0 saturated carbocycles. The van der Waals surface area contributed by atoms with Gasteiger partial charge in [-0.3, -0.25) is 14.5 Å². The number of rotatable bonds is 6. The summed E-state index contributed by atoms with van der Waals surface area (Å²) in [5, 5.41) is 12.4. The predicted octanol–water partition coefficient (Wildman–Crippen LogP) is 3.65. The highest BCUT2D eigenvalue weighted by atomic mass is 19.1. The van der Waals surface area contributed by atoms with Gasteiger partial charge in [-0.2, -0.15) is 5.26 Å². The van der Waals surface area contributed by atoms with E-state index in [9.17, 15) is 19.2 Å². The lowest BCUT2D eigenvalue weighted by Crippen LogP contribution is -2.50. The van der Waals surface area contributed by atoms with Crippen LogP contribution >= 0.6 is 0 Å². The molecule has 3 rings (SSSR count). The second-order valence-corrected chi connectivity index (χ2v) is 9.33. The van der Waals surface area contributed by atoms with Gasteiger partial charge in [-0.05, 0) is 40.8 Å². The molecule has 1 fully saturated rings. The van der Waals surface area contributed by atoms with Crippen LogP contribution in [0.1, 0.15) is 54.7 Å². The van der Waals surface area contributed by atoms with E-state index in [0.717, 1.165) is 11.1 Å². The number of piperazine rings is 1. The minimum Gasteiger partial charge on any atom is -0.352 e. The van der Waals surface area contributed by atoms with Crippen molar-refractivity contribution in [3.8, 4) is 6.07 Å². The van der Waals surface area contributed by atoms with Crippen molar-refractivity contribution in [1.29, 1.82) is 5.26 Å². The third-order valence-corrected chi connectivity index (χ3v) is 5.98. The number of carbonyl (C=O) groups is 2. The van der Waals surface area contributed by atoms with Crippen molar-refractivity contribution in [3.05, 3.63) is 71.0 Å². The molecule has 2 aromatic rings. The zero-order chi connectivity index (χ0) is 24.0. The smallest absolute Gasteiger partial charge is 0.251 e. The topological polar surface area (TPSA) is 76.4 Å². The number of hydrogen-bond acceptors (Lipinski definition) is 4. The molecule has 174 valence electrons. The van der Waals surface area contributed by atoms with Crippen LogP contribution in [-0.4, -0.2) is 54.3 Å². The summed E-state index contributed by atoms with van der Waals surface area (Å²) in [6.45, 7) is 8.79. The maximum Gasteiger partial charge on any atom is 0.251 e. The lowest BCUT2D eigenvalue weighted by molar-refractivity contribution is -0.133. The zero-order valence-corrected chi connectivity index (χ0v) is 19.5. The van der Waals surface area contributed by atoms with Crippen molar-refractivity contribution in [2.75, 3.05) is 32.7 Å². The van der Waals surface area contributed by atoms with E-state index in [0.29, 0.717) is 31.7 Å². The van der Waals surface area contributed by atoms with Crippen LogP contribution in [0.25, 0.3) is 0 Å². The first-order valence-corrected chi connectivity index (χ1v) is 11.2. The van der Waals surface area contributed by atoms with Gasteiger partial charge in [0.2, 0.25) is 5.91 Å². The predicted molar refractivity (Wildman–Crippen MR) is 125 cm³/mol. The molecular weight excluding hydrogens is 419 g/mol. The van der Waals surface area contributed by atoms with E-state index in [4.69, 9.17) is 0 Å². The van der Waals surface area contributed by atoms with Crippen molar-refractivity contribution in [2.24, 2.45) is 0 Å². The Hall–Kier alpha value is -3.24. The Morgan fingerprint density at radius 2 is 1.64 bits per heavy atom. The Balaban J connectivity index is 1.44. The zero-order valence-electron chi connectivity index (χ0n) is 19.5. The Morgan fingerprint density at radius 3 is 2.18 bits per heavy atom. The highest BCUT2D eigenvalue weighted by molar-refractivity contribution is 5.94. The molecule has 1 atom stereocenters. The van der Waals surface area contributed by atoms with Gasteiger partial charge in [0, 0.05) is 44.7 Å². The monoisotopic (exact) mass is 450 g/mol. The molecular formula is C26H31FN4O2. The Bertz CT molecular complexity index is 999. The summed E-state index contributed by atoms with van der Waals surface area (Å²) in [6.07, 6.45) is 0.228. The molecule has 1 N–H and O–H groups in total. The third-order valence-electron chi connectivity index (χ3n) is 5.98. The highest BCUT2D eigenvalue weighted by Gasteiger charge is 2.27. The van der Waals surface area contributed by atoms with Crippen LogP contribution in [0, 0.1) is 17.1 Å². The van der Waals surface area contributed by atoms with E-state index < -0.39 is 6.04 Å². The average molecular weight is 451 g/mol. The number of benzene rings is 2. The van der Waals surface area contributed by atoms with Gasteiger partial charge in [0.05, 0.1) is 6.07 Å². The van der Waals surface area contributed by atoms with Crippen LogP contribution in [0.2, 0.25) is 0 Å². The van der Waals surface area contributed by atoms with Crippen LogP contribution < -0.4 is 5.32 Å². The fourth-order valence-electron chi connectivity index (χ4n) is 3.91. The van der Waals surface area contributed by atoms with Gasteiger partial charge in [0.1, 0.15) is 11.9 Å². The molecule has 0 radical (unpaired) electrons. The van der Waals surface area contributed by atoms with Crippen molar-refractivity contribution >= 4 is 11.8 Å². The van der Waals surface area contributed by atoms with Gasteiger partial charge in [-0.1, -0.05) is 45.0 Å². The Kier molecular flexibility index (Phi) is 7.83. The number of halogens is 1. The molecule has 0 aliphatic carbocycles. The van der Waals surface area contributed by atoms with E-state index in [1.54, 1.807) is 17.0 Å². The quantitative estimate of drug-likeness (QED) is 0.729. The summed E-state index contributed by atoms with van der Waals surface area (Å²) in [4.78, 5) is 28.7. The fourth-order valence-corrected chi connectivity index (χ4v) is 3.91. The number of carbonyl (C=O) groups excluding carboxylic acids is 2. The SMILES string of the molecule is CC(C)(C)c1ccc(C(=O)NCCC(=O)N2CCN([C@H](C#N)c3ccc(F)cc3)CC2)cc1. The molecule has 2 aromatic carbocycles. The highest BCUT2D eigenvalue weighted by Crippen LogP contribution is 2.23. The van der Waals surface area contributed by atoms with Crippen LogP contribution in [0.4, 0.5) is 4.39 Å². The molecule has 0 aromatic heterocycles. The van der Waals surface area contributed by atoms with E-state index in [1.165, 1.54) is 12.1 Å². The number of nitriles is 1. The van der Waals surface area contributed by atoms with Gasteiger partial charge in [-0.25, -0.2) is 4.39 Å². The van der Waals surface area contributed by atoms with E-state index in [-0.39, 0.29) is 36.0 Å². The second kappa shape index (κ2) is 10.6. The van der Waals surface area contributed by atoms with Gasteiger partial charge < -0.3 is 10.2 Å². The molecule has 6 nitrogen and oxygen atoms in total. The maximum atomic E-state index is 13.2. The Labute approximate surface area is 195 Å². The van der Waals surface area contributed by atoms with Crippen LogP contribution in [0.15, 0.2) is 48.5 Å². The summed E-state index contributed by atoms with van der Waals surface area (Å²) < 4.78 is 13.2. The van der Waals surface area contributed by atoms with Gasteiger partial charge in [-0.15, -0.1) is 0 Å². The lowest BCUT2D eigenvalue weighted by Gasteiger charge is -2.37. The molecule has 0 bridgehead atoms. The standard InChI is InChI=1S/C26H31FN4O2/c1-26(2,3)21-8-4-20(5-9-21)25(33)29-13-12-24(32)31-16-14-30(15-17-31)23(18-28)19-6-10-22(27)11-7-19/h4-11,23H,12-17H2,1-3H3,(H,29,33)/t23-/m1/s1. The first-order chi connectivity index (χ1) is 15.7. The molecule has 1 heterocycles. The lowest BCUT2D eigenvalue weighted by atomic mass is 9.87. The molecule has 7 heteroatoms. The Morgan fingerprint density at radius 1 is 1.03 bits per heavy atom. The van der Waals surface area contributed by atoms with Gasteiger partial charge >= 0.3 is 0 Å². The number of nitrogens with zero attached hydrogens (tertiary/aromatic N) is 3. The van der Waals surface area contributed by atoms with Crippen LogP contribution in [-0.2, 0) is 10.2 Å². The van der Waals surface area contributed by atoms with Gasteiger partial charge in [0.15, 0.2) is 0 Å². The number of amides is 2. The minimum absolute atomic E-state index is 0.0201. The van der Waals surface area contributed by atoms with Crippen molar-refractivity contribution in [2.45, 2.75) is 38.6 Å². The summed E-state index contributed by atoms with van der Waals surface area (Å²) >= 11 is 0. The van der Waals surface area contributed by atoms with Crippen molar-refractivity contribution in [3.63, 3.8) is 0 Å². The summed E-state index contributed by atoms with van der Waals surface area (Å²) in [5.41, 5.74) is 2.51. The minimum atomic E-state index is -0.466. The van der Waals surface area contributed by atoms with E-state index in [2.05, 4.69) is 32.2 Å². The third kappa shape index (κ3) is 6.39. The summed E-state index contributed by atoms with van der Waals surface area (Å²) in [6, 6.07) is 15.3. The first-order valence-electron chi connectivity index (χ1n) is 11.2. The molecule has 33 heavy (non-hydrogen) atoms. The number of nitrogens with one attached hydrogen (secondary N) is 1. The van der Waals surface area contributed by atoms with Crippen LogP contribution in [0.3, 0.4) is 0 Å². The molecule has 0 spiro atoms. The second-order valence-electron chi connectivity index (χ2n) is 9.33. The summed E-state index contributed by atoms with van der Waals surface area (Å²) in [7, 11) is 0. The number of hydrogen-bond donors (Lipinski definition) is 1. The summed E-state index contributed by atoms with van der Waals surface area (Å²) in [5.74, 6) is -0.544. The van der Waals surface area contributed by atoms with E-state index in [1.807, 2.05) is 29.2 Å². The molecule has 2 amide bonds. The normalized spacial score (nSPS) is 15.5. The fraction of sp³-hybridized carbons (Fsp3) is 0.423. The van der Waals surface area contributed by atoms with Crippen molar-refractivity contribution < 1.29 is 14.0 Å². The average Bonchev–Trinajstić information content (AvgIpc) is 2.80. The largest absolute Gasteiger partial charge is 0.352 e. The molecule has 0 unspecified atom stereocenters. The van der Waals surface area contributed by atoms with Crippen molar-refractivity contribution in [1.82, 2.24) is 15.1 Å². The van der Waals surface area contributed by atoms with Crippen LogP contribution in [0.5, 0.6) is 0 Å². The molecule has 1 saturated heterocycles. The van der Waals surface area contributed by atoms with Gasteiger partial charge in [0.25, 0.3) is 5.91 Å². The first kappa shape index (κ1) is 24.4.